The monoisotopic (exact) mass is 487 g/mol. The van der Waals surface area contributed by atoms with Crippen molar-refractivity contribution in [2.45, 2.75) is 17.6 Å². The molecule has 1 aromatic carbocycles. The van der Waals surface area contributed by atoms with E-state index >= 15 is 0 Å². The average molecular weight is 488 g/mol. The predicted octanol–water partition coefficient (Wildman–Crippen LogP) is 3.29. The molecule has 33 heavy (non-hydrogen) atoms. The number of halogens is 1. The van der Waals surface area contributed by atoms with Crippen molar-refractivity contribution in [3.05, 3.63) is 64.9 Å². The molecule has 1 unspecified atom stereocenters. The number of nitrogens with zero attached hydrogens (tertiary/aromatic N) is 2. The molecule has 1 aliphatic rings. The number of anilines is 3. The van der Waals surface area contributed by atoms with E-state index in [4.69, 9.17) is 0 Å². The van der Waals surface area contributed by atoms with E-state index in [1.165, 1.54) is 24.4 Å². The van der Waals surface area contributed by atoms with Gasteiger partial charge in [0.15, 0.2) is 16.1 Å². The molecule has 3 aromatic rings. The number of thiophene rings is 1. The lowest BCUT2D eigenvalue weighted by Crippen LogP contribution is -2.43. The smallest absolute Gasteiger partial charge is 0.331 e. The summed E-state index contributed by atoms with van der Waals surface area (Å²) in [5.41, 5.74) is 2.15. The van der Waals surface area contributed by atoms with Crippen molar-refractivity contribution >= 4 is 57.4 Å². The van der Waals surface area contributed by atoms with E-state index in [9.17, 15) is 23.0 Å². The summed E-state index contributed by atoms with van der Waals surface area (Å²) in [6.45, 7) is 2.67. The van der Waals surface area contributed by atoms with Gasteiger partial charge in [0.2, 0.25) is 5.91 Å². The van der Waals surface area contributed by atoms with Crippen LogP contribution in [0.4, 0.5) is 26.4 Å². The van der Waals surface area contributed by atoms with Crippen LogP contribution in [0.15, 0.2) is 52.9 Å². The summed E-state index contributed by atoms with van der Waals surface area (Å²) in [7, 11) is -1.91. The summed E-state index contributed by atoms with van der Waals surface area (Å²) in [5.74, 6) is -0.769. The lowest BCUT2D eigenvalue weighted by molar-refractivity contribution is -0.117. The van der Waals surface area contributed by atoms with Crippen LogP contribution >= 0.6 is 11.3 Å². The first-order chi connectivity index (χ1) is 15.9. The summed E-state index contributed by atoms with van der Waals surface area (Å²) < 4.78 is 27.4. The summed E-state index contributed by atoms with van der Waals surface area (Å²) in [6.07, 6.45) is 1.33. The van der Waals surface area contributed by atoms with E-state index in [2.05, 4.69) is 20.3 Å². The molecule has 1 aliphatic heterocycles. The third-order valence-corrected chi connectivity index (χ3v) is 6.91. The number of benzene rings is 1. The second kappa shape index (κ2) is 9.46. The summed E-state index contributed by atoms with van der Waals surface area (Å²) in [5, 5.41) is 5.09. The topological polar surface area (TPSA) is 120 Å². The Balaban J connectivity index is 1.44. The Morgan fingerprint density at radius 3 is 2.64 bits per heavy atom. The first kappa shape index (κ1) is 22.6. The molecular weight excluding hydrogens is 469 g/mol. The van der Waals surface area contributed by atoms with E-state index < -0.39 is 34.0 Å². The highest BCUT2D eigenvalue weighted by Gasteiger charge is 2.33. The molecular formula is C21H18FN5O4S2. The fourth-order valence-corrected chi connectivity index (χ4v) is 4.89. The van der Waals surface area contributed by atoms with Gasteiger partial charge in [0.05, 0.1) is 18.3 Å². The second-order valence-electron chi connectivity index (χ2n) is 6.90. The fourth-order valence-electron chi connectivity index (χ4n) is 3.25. The molecule has 3 N–H and O–H groups in total. The van der Waals surface area contributed by atoms with Gasteiger partial charge in [0.25, 0.3) is 5.91 Å². The Labute approximate surface area is 194 Å². The third-order valence-electron chi connectivity index (χ3n) is 4.66. The number of amides is 4. The number of imide groups is 1. The largest absolute Gasteiger partial charge is 0.385 e. The van der Waals surface area contributed by atoms with Gasteiger partial charge >= 0.3 is 6.03 Å². The molecule has 0 saturated carbocycles. The molecule has 9 nitrogen and oxygen atoms in total. The lowest BCUT2D eigenvalue weighted by atomic mass is 9.97. The maximum absolute atomic E-state index is 13.0. The zero-order valence-corrected chi connectivity index (χ0v) is 18.9. The minimum absolute atomic E-state index is 0.0551. The van der Waals surface area contributed by atoms with Gasteiger partial charge in [-0.15, -0.1) is 0 Å². The highest BCUT2D eigenvalue weighted by atomic mass is 32.2. The van der Waals surface area contributed by atoms with Crippen LogP contribution in [0.1, 0.15) is 22.8 Å². The zero-order chi connectivity index (χ0) is 23.5. The number of carbonyl (C=O) groups excluding carboxylic acids is 3. The molecule has 170 valence electrons. The molecule has 3 heterocycles. The molecule has 0 aliphatic carbocycles. The molecule has 2 aromatic heterocycles. The number of carbonyl (C=O) groups is 3. The summed E-state index contributed by atoms with van der Waals surface area (Å²) in [4.78, 5) is 42.8. The number of hydrogen-bond donors (Lipinski definition) is 3. The van der Waals surface area contributed by atoms with Gasteiger partial charge in [-0.05, 0) is 55.0 Å². The van der Waals surface area contributed by atoms with Crippen LogP contribution < -0.4 is 20.3 Å². The van der Waals surface area contributed by atoms with Crippen molar-refractivity contribution in [1.82, 2.24) is 9.71 Å². The maximum Gasteiger partial charge on any atom is 0.331 e. The molecule has 0 radical (unpaired) electrons. The Hall–Kier alpha value is -3.64. The second-order valence-corrected chi connectivity index (χ2v) is 9.38. The summed E-state index contributed by atoms with van der Waals surface area (Å²) >= 11 is 0.666. The van der Waals surface area contributed by atoms with E-state index in [-0.39, 0.29) is 22.1 Å². The van der Waals surface area contributed by atoms with Crippen LogP contribution in [0.25, 0.3) is 0 Å². The van der Waals surface area contributed by atoms with Crippen molar-refractivity contribution in [2.24, 2.45) is 0 Å². The van der Waals surface area contributed by atoms with Gasteiger partial charge in [-0.2, -0.15) is 4.39 Å². The molecule has 0 saturated heterocycles. The van der Waals surface area contributed by atoms with Crippen LogP contribution in [0.3, 0.4) is 0 Å². The molecule has 0 spiro atoms. The third kappa shape index (κ3) is 4.91. The van der Waals surface area contributed by atoms with Gasteiger partial charge in [-0.1, -0.05) is 11.3 Å². The minimum atomic E-state index is -1.91. The van der Waals surface area contributed by atoms with Crippen molar-refractivity contribution in [3.63, 3.8) is 0 Å². The Morgan fingerprint density at radius 1 is 1.18 bits per heavy atom. The van der Waals surface area contributed by atoms with Gasteiger partial charge in [0.1, 0.15) is 10.0 Å². The molecule has 4 rings (SSSR count). The highest BCUT2D eigenvalue weighted by molar-refractivity contribution is 7.86. The maximum atomic E-state index is 13.0. The molecule has 1 atom stereocenters. The average Bonchev–Trinajstić information content (AvgIpc) is 3.21. The highest BCUT2D eigenvalue weighted by Crippen LogP contribution is 2.27. The zero-order valence-electron chi connectivity index (χ0n) is 17.3. The van der Waals surface area contributed by atoms with Crippen molar-refractivity contribution in [2.75, 3.05) is 22.1 Å². The number of aromatic nitrogens is 1. The van der Waals surface area contributed by atoms with Gasteiger partial charge in [-0.3, -0.25) is 14.3 Å². The van der Waals surface area contributed by atoms with Crippen LogP contribution in [0, 0.1) is 5.13 Å². The first-order valence-electron chi connectivity index (χ1n) is 9.80. The number of hydrogen-bond acceptors (Lipinski definition) is 7. The minimum Gasteiger partial charge on any atom is -0.385 e. The molecule has 12 heteroatoms. The number of nitrogens with one attached hydrogen (secondary N) is 3. The fraction of sp³-hybridized carbons (Fsp3) is 0.143. The molecule has 0 bridgehead atoms. The van der Waals surface area contributed by atoms with E-state index in [0.29, 0.717) is 22.5 Å². The van der Waals surface area contributed by atoms with Crippen LogP contribution in [0.2, 0.25) is 0 Å². The van der Waals surface area contributed by atoms with Crippen LogP contribution in [-0.4, -0.2) is 33.6 Å². The van der Waals surface area contributed by atoms with E-state index in [1.54, 1.807) is 18.2 Å². The number of urea groups is 1. The standard InChI is InChI=1S/C21H18FN5O4S2/c1-2-23-13-3-5-15-12(9-13)10-18(28)27(20(15)29)17-7-4-14(11-24-17)25-21(30)26-33(31)19-8-6-16(22)32-19/h3-9,11,23H,2,10H2,1H3,(H2,25,26,30). The van der Waals surface area contributed by atoms with Crippen LogP contribution in [0.5, 0.6) is 0 Å². The van der Waals surface area contributed by atoms with Crippen molar-refractivity contribution in [3.8, 4) is 0 Å². The Morgan fingerprint density at radius 2 is 1.97 bits per heavy atom. The SMILES string of the molecule is CCNc1ccc2c(c1)CC(=O)N(c1ccc(NC(=O)NS(=O)c3ccc(F)s3)cn1)C2=O. The Bertz CT molecular complexity index is 1260. The van der Waals surface area contributed by atoms with Crippen molar-refractivity contribution in [1.29, 1.82) is 0 Å². The summed E-state index contributed by atoms with van der Waals surface area (Å²) in [6, 6.07) is 9.82. The lowest BCUT2D eigenvalue weighted by Gasteiger charge is -2.26. The Kier molecular flexibility index (Phi) is 6.47. The number of rotatable bonds is 6. The van der Waals surface area contributed by atoms with Gasteiger partial charge < -0.3 is 10.6 Å². The normalized spacial score (nSPS) is 13.9. The van der Waals surface area contributed by atoms with E-state index in [1.807, 2.05) is 6.92 Å². The number of fused-ring (bicyclic) bond motifs is 1. The quantitative estimate of drug-likeness (QED) is 0.459. The predicted molar refractivity (Wildman–Crippen MR) is 123 cm³/mol. The molecule has 0 fully saturated rings. The van der Waals surface area contributed by atoms with Crippen molar-refractivity contribution < 1.29 is 23.0 Å². The van der Waals surface area contributed by atoms with Crippen LogP contribution in [-0.2, 0) is 22.2 Å². The van der Waals surface area contributed by atoms with Gasteiger partial charge in [0, 0.05) is 17.8 Å². The first-order valence-corrected chi connectivity index (χ1v) is 11.8. The molecule has 4 amide bonds. The van der Waals surface area contributed by atoms with E-state index in [0.717, 1.165) is 23.2 Å². The number of pyridine rings is 1. The van der Waals surface area contributed by atoms with Gasteiger partial charge in [-0.25, -0.2) is 18.9 Å².